The summed E-state index contributed by atoms with van der Waals surface area (Å²) in [5.41, 5.74) is 3.20. The number of carboxylic acid groups (broad SMARTS) is 1. The van der Waals surface area contributed by atoms with Gasteiger partial charge in [0.15, 0.2) is 0 Å². The number of aromatic carboxylic acids is 1. The standard InChI is InChI=1S/C25H25N3O2S2/c1-15(2)31-24-19(8-6-9-20(24)25(29)30)21-13-23(28-14-27-21)26-12-11-17-16(3)32-22-10-5-4-7-18(17)22/h4-10,13-15H,11-12H2,1-3H3,(H,29,30)(H,26,27,28). The Bertz CT molecular complexity index is 1270. The second-order valence-electron chi connectivity index (χ2n) is 7.75. The minimum absolute atomic E-state index is 0.248. The van der Waals surface area contributed by atoms with Crippen molar-refractivity contribution in [3.8, 4) is 11.3 Å². The van der Waals surface area contributed by atoms with E-state index in [1.807, 2.05) is 23.5 Å². The number of hydrogen-bond donors (Lipinski definition) is 2. The molecule has 0 saturated carbocycles. The number of carboxylic acids is 1. The predicted molar refractivity (Wildman–Crippen MR) is 134 cm³/mol. The number of nitrogens with one attached hydrogen (secondary N) is 1. The summed E-state index contributed by atoms with van der Waals surface area (Å²) in [6, 6.07) is 15.7. The third-order valence-electron chi connectivity index (χ3n) is 5.12. The Morgan fingerprint density at radius 1 is 1.16 bits per heavy atom. The molecular weight excluding hydrogens is 438 g/mol. The Kier molecular flexibility index (Phi) is 6.77. The molecule has 0 aliphatic carbocycles. The van der Waals surface area contributed by atoms with Crippen LogP contribution in [0.25, 0.3) is 21.3 Å². The molecule has 0 amide bonds. The smallest absolute Gasteiger partial charge is 0.336 e. The van der Waals surface area contributed by atoms with Crippen LogP contribution in [0, 0.1) is 6.92 Å². The summed E-state index contributed by atoms with van der Waals surface area (Å²) in [5.74, 6) is -0.200. The van der Waals surface area contributed by atoms with Crippen molar-refractivity contribution in [1.29, 1.82) is 0 Å². The van der Waals surface area contributed by atoms with Gasteiger partial charge in [0.25, 0.3) is 0 Å². The van der Waals surface area contributed by atoms with Crippen LogP contribution in [-0.2, 0) is 6.42 Å². The SMILES string of the molecule is Cc1sc2ccccc2c1CCNc1cc(-c2cccc(C(=O)O)c2SC(C)C)ncn1. The van der Waals surface area contributed by atoms with E-state index in [4.69, 9.17) is 0 Å². The molecule has 2 N–H and O–H groups in total. The Morgan fingerprint density at radius 3 is 2.75 bits per heavy atom. The summed E-state index contributed by atoms with van der Waals surface area (Å²) in [6.45, 7) is 7.03. The van der Waals surface area contributed by atoms with Crippen LogP contribution >= 0.6 is 23.1 Å². The Morgan fingerprint density at radius 2 is 1.97 bits per heavy atom. The number of thioether (sulfide) groups is 1. The molecule has 0 spiro atoms. The second-order valence-corrected chi connectivity index (χ2v) is 10.6. The lowest BCUT2D eigenvalue weighted by molar-refractivity contribution is 0.0693. The van der Waals surface area contributed by atoms with Crippen molar-refractivity contribution in [2.75, 3.05) is 11.9 Å². The fourth-order valence-corrected chi connectivity index (χ4v) is 5.88. The molecule has 4 aromatic rings. The molecule has 5 nitrogen and oxygen atoms in total. The van der Waals surface area contributed by atoms with Crippen molar-refractivity contribution in [2.45, 2.75) is 37.3 Å². The fourth-order valence-electron chi connectivity index (χ4n) is 3.72. The molecule has 2 heterocycles. The van der Waals surface area contributed by atoms with Gasteiger partial charge >= 0.3 is 5.97 Å². The maximum absolute atomic E-state index is 11.8. The van der Waals surface area contributed by atoms with Crippen LogP contribution in [0.3, 0.4) is 0 Å². The Labute approximate surface area is 195 Å². The maximum Gasteiger partial charge on any atom is 0.336 e. The molecule has 4 rings (SSSR count). The van der Waals surface area contributed by atoms with Gasteiger partial charge in [-0.25, -0.2) is 14.8 Å². The van der Waals surface area contributed by atoms with Crippen LogP contribution in [0.2, 0.25) is 0 Å². The van der Waals surface area contributed by atoms with E-state index in [2.05, 4.69) is 60.3 Å². The molecule has 0 atom stereocenters. The number of nitrogens with zero attached hydrogens (tertiary/aromatic N) is 2. The van der Waals surface area contributed by atoms with E-state index in [-0.39, 0.29) is 5.25 Å². The van der Waals surface area contributed by atoms with Gasteiger partial charge in [0.05, 0.1) is 11.3 Å². The number of carbonyl (C=O) groups is 1. The van der Waals surface area contributed by atoms with E-state index in [1.165, 1.54) is 38.6 Å². The van der Waals surface area contributed by atoms with Gasteiger partial charge < -0.3 is 10.4 Å². The lowest BCUT2D eigenvalue weighted by Gasteiger charge is -2.14. The minimum atomic E-state index is -0.930. The van der Waals surface area contributed by atoms with Gasteiger partial charge in [-0.2, -0.15) is 0 Å². The van der Waals surface area contributed by atoms with E-state index in [9.17, 15) is 9.90 Å². The van der Waals surface area contributed by atoms with Crippen LogP contribution in [0.1, 0.15) is 34.6 Å². The van der Waals surface area contributed by atoms with Crippen molar-refractivity contribution in [2.24, 2.45) is 0 Å². The van der Waals surface area contributed by atoms with Gasteiger partial charge in [0.2, 0.25) is 0 Å². The van der Waals surface area contributed by atoms with E-state index in [0.29, 0.717) is 11.3 Å². The van der Waals surface area contributed by atoms with E-state index < -0.39 is 5.97 Å². The molecule has 0 fully saturated rings. The fraction of sp³-hybridized carbons (Fsp3) is 0.240. The van der Waals surface area contributed by atoms with Gasteiger partial charge in [-0.05, 0) is 36.4 Å². The largest absolute Gasteiger partial charge is 0.478 e. The molecule has 2 aromatic carbocycles. The van der Waals surface area contributed by atoms with Crippen LogP contribution < -0.4 is 5.32 Å². The summed E-state index contributed by atoms with van der Waals surface area (Å²) in [7, 11) is 0. The number of thiophene rings is 1. The van der Waals surface area contributed by atoms with Crippen molar-refractivity contribution in [1.82, 2.24) is 9.97 Å². The number of anilines is 1. The maximum atomic E-state index is 11.8. The highest BCUT2D eigenvalue weighted by molar-refractivity contribution is 8.00. The number of aromatic nitrogens is 2. The van der Waals surface area contributed by atoms with Crippen LogP contribution in [0.15, 0.2) is 59.8 Å². The first-order valence-corrected chi connectivity index (χ1v) is 12.2. The third kappa shape index (κ3) is 4.79. The first-order valence-electron chi connectivity index (χ1n) is 10.5. The van der Waals surface area contributed by atoms with Crippen LogP contribution in [0.5, 0.6) is 0 Å². The van der Waals surface area contributed by atoms with Crippen molar-refractivity contribution in [3.63, 3.8) is 0 Å². The van der Waals surface area contributed by atoms with Crippen molar-refractivity contribution in [3.05, 3.63) is 70.9 Å². The minimum Gasteiger partial charge on any atom is -0.478 e. The third-order valence-corrected chi connectivity index (χ3v) is 7.40. The average molecular weight is 464 g/mol. The van der Waals surface area contributed by atoms with Gasteiger partial charge in [-0.1, -0.05) is 44.2 Å². The van der Waals surface area contributed by atoms with Crippen LogP contribution in [-0.4, -0.2) is 32.8 Å². The number of rotatable bonds is 8. The first-order chi connectivity index (χ1) is 15.4. The monoisotopic (exact) mass is 463 g/mol. The summed E-state index contributed by atoms with van der Waals surface area (Å²) in [6.07, 6.45) is 2.43. The molecule has 7 heteroatoms. The van der Waals surface area contributed by atoms with Crippen LogP contribution in [0.4, 0.5) is 5.82 Å². The lowest BCUT2D eigenvalue weighted by atomic mass is 10.1. The first kappa shape index (κ1) is 22.3. The summed E-state index contributed by atoms with van der Waals surface area (Å²) < 4.78 is 1.32. The molecule has 2 aromatic heterocycles. The zero-order valence-corrected chi connectivity index (χ0v) is 19.9. The highest BCUT2D eigenvalue weighted by Crippen LogP contribution is 2.36. The zero-order chi connectivity index (χ0) is 22.7. The molecule has 0 bridgehead atoms. The molecule has 0 saturated heterocycles. The molecule has 0 aliphatic rings. The molecule has 32 heavy (non-hydrogen) atoms. The topological polar surface area (TPSA) is 75.1 Å². The number of hydrogen-bond acceptors (Lipinski definition) is 6. The quantitative estimate of drug-likeness (QED) is 0.290. The number of fused-ring (bicyclic) bond motifs is 1. The molecule has 0 unspecified atom stereocenters. The second kappa shape index (κ2) is 9.71. The molecule has 0 aliphatic heterocycles. The lowest BCUT2D eigenvalue weighted by Crippen LogP contribution is -2.07. The van der Waals surface area contributed by atoms with Gasteiger partial charge in [0, 0.05) is 37.9 Å². The van der Waals surface area contributed by atoms with E-state index in [0.717, 1.165) is 29.2 Å². The highest BCUT2D eigenvalue weighted by Gasteiger charge is 2.18. The molecule has 164 valence electrons. The molecular formula is C25H25N3O2S2. The van der Waals surface area contributed by atoms with Gasteiger partial charge in [0.1, 0.15) is 12.1 Å². The van der Waals surface area contributed by atoms with Gasteiger partial charge in [-0.3, -0.25) is 0 Å². The average Bonchev–Trinajstić information content (AvgIpc) is 3.09. The van der Waals surface area contributed by atoms with E-state index >= 15 is 0 Å². The summed E-state index contributed by atoms with van der Waals surface area (Å²) >= 11 is 3.37. The Hall–Kier alpha value is -2.90. The molecule has 0 radical (unpaired) electrons. The number of benzene rings is 2. The number of aryl methyl sites for hydroxylation is 1. The zero-order valence-electron chi connectivity index (χ0n) is 18.3. The Balaban J connectivity index is 1.56. The summed E-state index contributed by atoms with van der Waals surface area (Å²) in [5, 5.41) is 14.6. The highest BCUT2D eigenvalue weighted by atomic mass is 32.2. The predicted octanol–water partition coefficient (Wildman–Crippen LogP) is 6.52. The van der Waals surface area contributed by atoms with E-state index in [1.54, 1.807) is 12.1 Å². The normalized spacial score (nSPS) is 11.2. The van der Waals surface area contributed by atoms with Crippen molar-refractivity contribution >= 4 is 45.0 Å². The van der Waals surface area contributed by atoms with Gasteiger partial charge in [-0.15, -0.1) is 23.1 Å². The summed E-state index contributed by atoms with van der Waals surface area (Å²) in [4.78, 5) is 22.7. The van der Waals surface area contributed by atoms with Crippen molar-refractivity contribution < 1.29 is 9.90 Å².